The van der Waals surface area contributed by atoms with Gasteiger partial charge in [-0.1, -0.05) is 23.2 Å². The first-order chi connectivity index (χ1) is 13.4. The summed E-state index contributed by atoms with van der Waals surface area (Å²) in [4.78, 5) is 20.7. The van der Waals surface area contributed by atoms with Crippen molar-refractivity contribution in [2.24, 2.45) is 5.92 Å². The molecule has 0 aliphatic carbocycles. The highest BCUT2D eigenvalue weighted by atomic mass is 35.5. The van der Waals surface area contributed by atoms with Crippen molar-refractivity contribution in [2.45, 2.75) is 18.9 Å². The molecule has 9 heteroatoms. The molecule has 3 fully saturated rings. The van der Waals surface area contributed by atoms with E-state index in [-0.39, 0.29) is 23.7 Å². The fourth-order valence-electron chi connectivity index (χ4n) is 3.99. The van der Waals surface area contributed by atoms with E-state index in [1.807, 2.05) is 0 Å². The highest BCUT2D eigenvalue weighted by molar-refractivity contribution is 6.38. The molecule has 4 heterocycles. The first-order valence-corrected chi connectivity index (χ1v) is 9.74. The number of nitrogens with zero attached hydrogens (tertiary/aromatic N) is 3. The summed E-state index contributed by atoms with van der Waals surface area (Å²) in [5.41, 5.74) is 0.958. The maximum atomic E-state index is 13.4. The number of halogens is 4. The van der Waals surface area contributed by atoms with E-state index in [0.29, 0.717) is 23.1 Å². The van der Waals surface area contributed by atoms with Gasteiger partial charge in [-0.3, -0.25) is 4.98 Å². The summed E-state index contributed by atoms with van der Waals surface area (Å²) in [7, 11) is 0. The van der Waals surface area contributed by atoms with Gasteiger partial charge < -0.3 is 15.1 Å². The third-order valence-electron chi connectivity index (χ3n) is 5.29. The summed E-state index contributed by atoms with van der Waals surface area (Å²) in [5.74, 6) is -1.69. The van der Waals surface area contributed by atoms with Crippen LogP contribution in [-0.4, -0.2) is 41.6 Å². The molecule has 2 atom stereocenters. The zero-order valence-corrected chi connectivity index (χ0v) is 16.4. The Labute approximate surface area is 171 Å². The Balaban J connectivity index is 1.53. The minimum absolute atomic E-state index is 0.0376. The molecule has 1 N–H and O–H groups in total. The molecule has 3 aliphatic heterocycles. The van der Waals surface area contributed by atoms with Crippen molar-refractivity contribution in [2.75, 3.05) is 29.9 Å². The van der Waals surface area contributed by atoms with Crippen LogP contribution < -0.4 is 10.2 Å². The van der Waals surface area contributed by atoms with Crippen LogP contribution >= 0.6 is 23.2 Å². The highest BCUT2D eigenvalue weighted by Crippen LogP contribution is 2.37. The fraction of sp³-hybridized carbons (Fsp3) is 0.368. The molecular formula is C19H18Cl2F2N4O. The number of nitrogens with one attached hydrogen (secondary N) is 1. The van der Waals surface area contributed by atoms with Crippen LogP contribution in [0, 0.1) is 17.6 Å². The largest absolute Gasteiger partial charge is 0.367 e. The van der Waals surface area contributed by atoms with E-state index < -0.39 is 11.6 Å². The Morgan fingerprint density at radius 3 is 2.54 bits per heavy atom. The molecule has 148 valence electrons. The average Bonchev–Trinajstić information content (AvgIpc) is 2.96. The molecule has 3 saturated heterocycles. The number of hydrogen-bond acceptors (Lipinski definition) is 3. The van der Waals surface area contributed by atoms with Crippen molar-refractivity contribution in [3.05, 3.63) is 52.3 Å². The predicted molar refractivity (Wildman–Crippen MR) is 105 cm³/mol. The predicted octanol–water partition coefficient (Wildman–Crippen LogP) is 4.80. The molecule has 28 heavy (non-hydrogen) atoms. The lowest BCUT2D eigenvalue weighted by atomic mass is 9.95. The molecule has 1 aromatic carbocycles. The van der Waals surface area contributed by atoms with Crippen LogP contribution in [-0.2, 0) is 0 Å². The van der Waals surface area contributed by atoms with E-state index in [1.165, 1.54) is 6.07 Å². The van der Waals surface area contributed by atoms with Crippen molar-refractivity contribution in [3.63, 3.8) is 0 Å². The van der Waals surface area contributed by atoms with Crippen LogP contribution in [0.25, 0.3) is 0 Å². The molecule has 5 rings (SSSR count). The summed E-state index contributed by atoms with van der Waals surface area (Å²) in [5, 5.41) is 3.63. The van der Waals surface area contributed by atoms with Crippen molar-refractivity contribution < 1.29 is 13.6 Å². The molecule has 2 amide bonds. The Bertz CT molecular complexity index is 893. The van der Waals surface area contributed by atoms with Gasteiger partial charge in [-0.25, -0.2) is 13.6 Å². The van der Waals surface area contributed by atoms with Gasteiger partial charge in [0.1, 0.15) is 0 Å². The van der Waals surface area contributed by atoms with Gasteiger partial charge in [-0.2, -0.15) is 0 Å². The van der Waals surface area contributed by atoms with Gasteiger partial charge in [0.2, 0.25) is 0 Å². The van der Waals surface area contributed by atoms with E-state index in [9.17, 15) is 13.6 Å². The number of carbonyl (C=O) groups excluding carboxylic acids is 1. The fourth-order valence-corrected chi connectivity index (χ4v) is 4.59. The van der Waals surface area contributed by atoms with Crippen LogP contribution in [0.15, 0.2) is 30.6 Å². The van der Waals surface area contributed by atoms with E-state index in [2.05, 4.69) is 15.2 Å². The van der Waals surface area contributed by atoms with Gasteiger partial charge in [0.05, 0.1) is 21.8 Å². The Hall–Kier alpha value is -2.12. The first kappa shape index (κ1) is 19.2. The number of fused-ring (bicyclic) bond motifs is 4. The molecule has 5 nitrogen and oxygen atoms in total. The minimum atomic E-state index is -0.997. The maximum absolute atomic E-state index is 13.4. The third-order valence-corrected chi connectivity index (χ3v) is 5.84. The van der Waals surface area contributed by atoms with E-state index in [0.717, 1.165) is 37.2 Å². The van der Waals surface area contributed by atoms with Gasteiger partial charge in [-0.15, -0.1) is 0 Å². The number of urea groups is 1. The summed E-state index contributed by atoms with van der Waals surface area (Å²) < 4.78 is 26.5. The van der Waals surface area contributed by atoms with Gasteiger partial charge in [-0.05, 0) is 30.9 Å². The Kier molecular flexibility index (Phi) is 5.29. The molecule has 0 spiro atoms. The summed E-state index contributed by atoms with van der Waals surface area (Å²) >= 11 is 12.6. The second-order valence-corrected chi connectivity index (χ2v) is 7.98. The van der Waals surface area contributed by atoms with Gasteiger partial charge in [0, 0.05) is 43.8 Å². The number of rotatable bonds is 2. The lowest BCUT2D eigenvalue weighted by molar-refractivity contribution is 0.154. The van der Waals surface area contributed by atoms with Crippen molar-refractivity contribution >= 4 is 40.6 Å². The number of benzene rings is 1. The lowest BCUT2D eigenvalue weighted by Crippen LogP contribution is -2.49. The van der Waals surface area contributed by atoms with E-state index in [1.54, 1.807) is 17.3 Å². The lowest BCUT2D eigenvalue weighted by Gasteiger charge is -2.36. The van der Waals surface area contributed by atoms with Crippen LogP contribution in [0.4, 0.5) is 25.0 Å². The Morgan fingerprint density at radius 1 is 1.07 bits per heavy atom. The number of hydrogen-bond donors (Lipinski definition) is 1. The van der Waals surface area contributed by atoms with E-state index >= 15 is 0 Å². The van der Waals surface area contributed by atoms with Gasteiger partial charge in [0.25, 0.3) is 0 Å². The molecule has 2 aromatic rings. The number of piperidine rings is 1. The summed E-state index contributed by atoms with van der Waals surface area (Å²) in [6.45, 7) is 1.90. The SMILES string of the molecule is O=C(Nc1ccc(F)c(F)c1)N1CC2CCC1CN(c1c(Cl)cncc1Cl)C2. The number of amides is 2. The van der Waals surface area contributed by atoms with E-state index in [4.69, 9.17) is 23.2 Å². The number of anilines is 2. The Morgan fingerprint density at radius 2 is 1.82 bits per heavy atom. The van der Waals surface area contributed by atoms with Crippen molar-refractivity contribution in [3.8, 4) is 0 Å². The molecule has 2 bridgehead atoms. The number of carbonyl (C=O) groups is 1. The van der Waals surface area contributed by atoms with Crippen LogP contribution in [0.5, 0.6) is 0 Å². The molecular weight excluding hydrogens is 409 g/mol. The second-order valence-electron chi connectivity index (χ2n) is 7.17. The topological polar surface area (TPSA) is 48.5 Å². The number of aromatic nitrogens is 1. The zero-order chi connectivity index (χ0) is 19.8. The molecule has 3 aliphatic rings. The molecule has 0 radical (unpaired) electrons. The van der Waals surface area contributed by atoms with Crippen LogP contribution in [0.3, 0.4) is 0 Å². The monoisotopic (exact) mass is 426 g/mol. The van der Waals surface area contributed by atoms with Crippen LogP contribution in [0.1, 0.15) is 12.8 Å². The number of pyridine rings is 1. The molecule has 0 saturated carbocycles. The minimum Gasteiger partial charge on any atom is -0.367 e. The standard InChI is InChI=1S/C19H18Cl2F2N4O/c20-14-6-24-7-15(21)18(14)26-8-11-1-3-13(10-26)27(9-11)19(28)25-12-2-4-16(22)17(23)5-12/h2,4-7,11,13H,1,3,8-10H2,(H,25,28). The smallest absolute Gasteiger partial charge is 0.322 e. The van der Waals surface area contributed by atoms with Crippen LogP contribution in [0.2, 0.25) is 10.0 Å². The summed E-state index contributed by atoms with van der Waals surface area (Å²) in [6, 6.07) is 2.95. The normalized spacial score (nSPS) is 21.6. The van der Waals surface area contributed by atoms with Gasteiger partial charge in [0.15, 0.2) is 11.6 Å². The summed E-state index contributed by atoms with van der Waals surface area (Å²) in [6.07, 6.45) is 4.97. The van der Waals surface area contributed by atoms with Crippen molar-refractivity contribution in [1.82, 2.24) is 9.88 Å². The highest BCUT2D eigenvalue weighted by Gasteiger charge is 2.38. The van der Waals surface area contributed by atoms with Crippen molar-refractivity contribution in [1.29, 1.82) is 0 Å². The molecule has 2 unspecified atom stereocenters. The van der Waals surface area contributed by atoms with Gasteiger partial charge >= 0.3 is 6.03 Å². The third kappa shape index (κ3) is 3.73. The quantitative estimate of drug-likeness (QED) is 0.749. The maximum Gasteiger partial charge on any atom is 0.322 e. The molecule has 1 aromatic heterocycles. The average molecular weight is 427 g/mol. The first-order valence-electron chi connectivity index (χ1n) is 8.99. The second kappa shape index (κ2) is 7.72. The zero-order valence-electron chi connectivity index (χ0n) is 14.8.